The van der Waals surface area contributed by atoms with E-state index in [2.05, 4.69) is 95.8 Å². The van der Waals surface area contributed by atoms with Gasteiger partial charge in [0.25, 0.3) is 5.01 Å². The molecule has 0 aliphatic heterocycles. The summed E-state index contributed by atoms with van der Waals surface area (Å²) in [6, 6.07) is 21.6. The van der Waals surface area contributed by atoms with E-state index in [1.165, 1.54) is 37.1 Å². The van der Waals surface area contributed by atoms with Gasteiger partial charge in [0, 0.05) is 23.4 Å². The largest absolute Gasteiger partial charge is 0.482 e. The number of aromatic nitrogens is 2. The average Bonchev–Trinajstić information content (AvgIpc) is 3.36. The lowest BCUT2D eigenvalue weighted by atomic mass is 10.1. The topological polar surface area (TPSA) is 110 Å². The molecular weight excluding hydrogens is 488 g/mol. The smallest absolute Gasteiger partial charge is 0.262 e. The highest BCUT2D eigenvalue weighted by molar-refractivity contribution is 7.19. The Labute approximate surface area is 209 Å². The summed E-state index contributed by atoms with van der Waals surface area (Å²) in [5, 5.41) is 6.25. The second-order valence-electron chi connectivity index (χ2n) is 7.71. The molecule has 0 unspecified atom stereocenters. The fraction of sp³-hybridized carbons (Fsp3) is 0.192. The van der Waals surface area contributed by atoms with Crippen molar-refractivity contribution in [3.8, 4) is 5.88 Å². The van der Waals surface area contributed by atoms with E-state index in [0.29, 0.717) is 0 Å². The van der Waals surface area contributed by atoms with Crippen LogP contribution in [-0.2, 0) is 13.1 Å². The van der Waals surface area contributed by atoms with Crippen molar-refractivity contribution < 1.29 is 38.2 Å². The van der Waals surface area contributed by atoms with Crippen LogP contribution < -0.4 is 27.9 Å². The van der Waals surface area contributed by atoms with Crippen LogP contribution in [-0.4, -0.2) is 11.7 Å². The molecule has 7 nitrogen and oxygen atoms in total. The number of halogens is 1. The van der Waals surface area contributed by atoms with Gasteiger partial charge in [-0.25, -0.2) is 18.6 Å². The zero-order valence-electron chi connectivity index (χ0n) is 19.6. The van der Waals surface area contributed by atoms with E-state index >= 15 is 0 Å². The zero-order chi connectivity index (χ0) is 25.2. The number of nitrogens with zero attached hydrogens (tertiary/aromatic N) is 2. The molecule has 0 atom stereocenters. The first kappa shape index (κ1) is 25.1. The predicted octanol–water partition coefficient (Wildman–Crippen LogP) is 1.76. The van der Waals surface area contributed by atoms with Gasteiger partial charge in [0.1, 0.15) is 11.2 Å². The van der Waals surface area contributed by atoms with Crippen molar-refractivity contribution in [1.29, 1.82) is 0 Å². The quantitative estimate of drug-likeness (QED) is 0.333. The standard InChI is InChI=1S/C26H25N2OS.ClHO4/c1-4-27-22(20-12-8-9-13-21(20)26(27)29-3)15-17-24-28(5-2)25-19-11-7-6-10-18(19)14-16-23(25)30-24;2-1(3,4)5/h6-17H,4-5H2,1-3H3;(H,2,3,4,5)/q+1;/p-1. The molecule has 0 N–H and O–H groups in total. The fourth-order valence-electron chi connectivity index (χ4n) is 4.47. The van der Waals surface area contributed by atoms with Crippen molar-refractivity contribution in [2.45, 2.75) is 26.9 Å². The van der Waals surface area contributed by atoms with Gasteiger partial charge in [0.05, 0.1) is 18.2 Å². The predicted molar refractivity (Wildman–Crippen MR) is 128 cm³/mol. The molecule has 9 heteroatoms. The highest BCUT2D eigenvalue weighted by Gasteiger charge is 2.20. The van der Waals surface area contributed by atoms with Gasteiger partial charge in [0.2, 0.25) is 11.4 Å². The molecule has 182 valence electrons. The number of methoxy groups -OCH3 is 1. The second-order valence-corrected chi connectivity index (χ2v) is 9.53. The number of aryl methyl sites for hydroxylation is 1. The van der Waals surface area contributed by atoms with Gasteiger partial charge in [-0.15, -0.1) is 10.2 Å². The summed E-state index contributed by atoms with van der Waals surface area (Å²) in [5.41, 5.74) is 2.52. The summed E-state index contributed by atoms with van der Waals surface area (Å²) in [6.45, 7) is 6.18. The maximum absolute atomic E-state index is 8.49. The molecule has 0 saturated carbocycles. The van der Waals surface area contributed by atoms with Crippen LogP contribution in [0, 0.1) is 10.2 Å². The highest BCUT2D eigenvalue weighted by Crippen LogP contribution is 2.34. The first-order chi connectivity index (χ1) is 16.8. The molecule has 0 spiro atoms. The third-order valence-corrected chi connectivity index (χ3v) is 6.91. The Bertz CT molecular complexity index is 1510. The molecule has 0 fully saturated rings. The summed E-state index contributed by atoms with van der Waals surface area (Å²) in [4.78, 5) is 0. The summed E-state index contributed by atoms with van der Waals surface area (Å²) in [6.07, 6.45) is 4.50. The van der Waals surface area contributed by atoms with Crippen molar-refractivity contribution in [3.63, 3.8) is 0 Å². The number of thiazole rings is 1. The molecule has 0 aliphatic rings. The lowest BCUT2D eigenvalue weighted by Crippen LogP contribution is -2.68. The van der Waals surface area contributed by atoms with E-state index in [4.69, 9.17) is 23.4 Å². The Hall–Kier alpha value is -2.98. The first-order valence-electron chi connectivity index (χ1n) is 11.1. The molecular formula is C26H25ClN2O5S. The monoisotopic (exact) mass is 512 g/mol. The van der Waals surface area contributed by atoms with Crippen molar-refractivity contribution in [2.24, 2.45) is 0 Å². The Kier molecular flexibility index (Phi) is 7.42. The van der Waals surface area contributed by atoms with Crippen LogP contribution in [0.3, 0.4) is 0 Å². The number of ether oxygens (including phenoxy) is 1. The zero-order valence-corrected chi connectivity index (χ0v) is 21.1. The average molecular weight is 513 g/mol. The van der Waals surface area contributed by atoms with E-state index in [1.807, 2.05) is 11.3 Å². The molecule has 2 aromatic heterocycles. The maximum Gasteiger partial charge on any atom is 0.262 e. The minimum atomic E-state index is -4.94. The second kappa shape index (κ2) is 10.3. The van der Waals surface area contributed by atoms with Crippen molar-refractivity contribution in [2.75, 3.05) is 7.11 Å². The van der Waals surface area contributed by atoms with Crippen molar-refractivity contribution in [3.05, 3.63) is 71.4 Å². The van der Waals surface area contributed by atoms with Crippen LogP contribution in [0.15, 0.2) is 60.7 Å². The Morgan fingerprint density at radius 1 is 0.886 bits per heavy atom. The minimum absolute atomic E-state index is 0.863. The number of fused-ring (bicyclic) bond motifs is 4. The molecule has 0 amide bonds. The van der Waals surface area contributed by atoms with Crippen LogP contribution in [0.2, 0.25) is 0 Å². The van der Waals surface area contributed by atoms with E-state index < -0.39 is 10.2 Å². The summed E-state index contributed by atoms with van der Waals surface area (Å²) >= 11 is 1.85. The normalized spacial score (nSPS) is 12.0. The number of rotatable bonds is 5. The van der Waals surface area contributed by atoms with Crippen LogP contribution >= 0.6 is 11.3 Å². The van der Waals surface area contributed by atoms with Crippen LogP contribution in [0.1, 0.15) is 24.5 Å². The van der Waals surface area contributed by atoms with Gasteiger partial charge in [-0.1, -0.05) is 53.8 Å². The Morgan fingerprint density at radius 2 is 1.51 bits per heavy atom. The molecule has 0 aliphatic carbocycles. The third-order valence-electron chi connectivity index (χ3n) is 5.79. The first-order valence-corrected chi connectivity index (χ1v) is 13.1. The van der Waals surface area contributed by atoms with Gasteiger partial charge in [0.15, 0.2) is 0 Å². The van der Waals surface area contributed by atoms with Crippen LogP contribution in [0.5, 0.6) is 5.88 Å². The molecule has 5 rings (SSSR count). The minimum Gasteiger partial charge on any atom is -0.482 e. The lowest BCUT2D eigenvalue weighted by molar-refractivity contribution is -2.00. The lowest BCUT2D eigenvalue weighted by Gasteiger charge is -2.17. The van der Waals surface area contributed by atoms with E-state index in [-0.39, 0.29) is 0 Å². The van der Waals surface area contributed by atoms with E-state index in [0.717, 1.165) is 24.4 Å². The summed E-state index contributed by atoms with van der Waals surface area (Å²) in [5.74, 6) is 0.929. The van der Waals surface area contributed by atoms with Gasteiger partial charge in [-0.2, -0.15) is 4.57 Å². The SMILES string of the molecule is CCn1c(C=Cc2sc3ccc4ccccc4c3[n+]2CC)c2ccccc2c1OC.[O-][Cl+3]([O-])([O-])[O-]. The third kappa shape index (κ3) is 5.18. The number of hydrogen-bond acceptors (Lipinski definition) is 6. The van der Waals surface area contributed by atoms with E-state index in [9.17, 15) is 0 Å². The number of benzene rings is 3. The fourth-order valence-corrected chi connectivity index (χ4v) is 5.61. The van der Waals surface area contributed by atoms with Gasteiger partial charge < -0.3 is 9.30 Å². The molecule has 2 heterocycles. The van der Waals surface area contributed by atoms with E-state index in [1.54, 1.807) is 7.11 Å². The van der Waals surface area contributed by atoms with Gasteiger partial charge in [-0.3, -0.25) is 0 Å². The maximum atomic E-state index is 8.49. The van der Waals surface area contributed by atoms with Gasteiger partial charge in [-0.05, 0) is 43.5 Å². The Morgan fingerprint density at radius 3 is 2.14 bits per heavy atom. The molecule has 0 saturated heterocycles. The molecule has 0 bridgehead atoms. The van der Waals surface area contributed by atoms with Crippen molar-refractivity contribution in [1.82, 2.24) is 4.57 Å². The molecule has 0 radical (unpaired) electrons. The number of hydrogen-bond donors (Lipinski definition) is 0. The van der Waals surface area contributed by atoms with Crippen LogP contribution in [0.4, 0.5) is 0 Å². The summed E-state index contributed by atoms with van der Waals surface area (Å²) in [7, 11) is -3.19. The molecule has 3 aromatic carbocycles. The highest BCUT2D eigenvalue weighted by atomic mass is 35.7. The Balaban J connectivity index is 0.000000527. The van der Waals surface area contributed by atoms with Crippen molar-refractivity contribution >= 4 is 55.3 Å². The van der Waals surface area contributed by atoms with Crippen LogP contribution in [0.25, 0.3) is 43.9 Å². The molecule has 35 heavy (non-hydrogen) atoms. The van der Waals surface area contributed by atoms with Gasteiger partial charge >= 0.3 is 0 Å². The molecule has 5 aromatic rings. The summed E-state index contributed by atoms with van der Waals surface area (Å²) < 4.78 is 45.7.